The number of carbonyl (C=O) groups excluding carboxylic acids is 1. The number of benzene rings is 1. The molecule has 1 heterocycles. The largest absolute Gasteiger partial charge is 0.414 e. The number of halogens is 3. The fraction of sp³-hybridized carbons (Fsp3) is 0.667. The van der Waals surface area contributed by atoms with Crippen LogP contribution in [0.25, 0.3) is 0 Å². The van der Waals surface area contributed by atoms with Crippen molar-refractivity contribution in [2.75, 3.05) is 11.4 Å². The molecule has 6 heteroatoms. The van der Waals surface area contributed by atoms with E-state index in [2.05, 4.69) is 20.8 Å². The van der Waals surface area contributed by atoms with E-state index in [9.17, 15) is 23.1 Å². The number of rotatable bonds is 2. The predicted octanol–water partition coefficient (Wildman–Crippen LogP) is 4.82. The Morgan fingerprint density at radius 1 is 1.07 bits per heavy atom. The van der Waals surface area contributed by atoms with E-state index in [1.54, 1.807) is 4.90 Å². The molecule has 0 aromatic heterocycles. The van der Waals surface area contributed by atoms with Crippen molar-refractivity contribution in [2.45, 2.75) is 70.6 Å². The van der Waals surface area contributed by atoms with Gasteiger partial charge >= 0.3 is 6.18 Å². The first-order chi connectivity index (χ1) is 12.4. The second-order valence-corrected chi connectivity index (χ2v) is 9.11. The molecule has 150 valence electrons. The van der Waals surface area contributed by atoms with E-state index in [-0.39, 0.29) is 24.2 Å². The molecule has 1 saturated heterocycles. The average molecular weight is 383 g/mol. The van der Waals surface area contributed by atoms with Crippen LogP contribution in [0.2, 0.25) is 0 Å². The first kappa shape index (κ1) is 20.2. The number of alkyl halides is 3. The van der Waals surface area contributed by atoms with Gasteiger partial charge in [0.2, 0.25) is 5.91 Å². The predicted molar refractivity (Wildman–Crippen MR) is 98.6 cm³/mol. The van der Waals surface area contributed by atoms with Crippen molar-refractivity contribution in [3.05, 3.63) is 29.8 Å². The van der Waals surface area contributed by atoms with E-state index in [0.717, 1.165) is 5.69 Å². The van der Waals surface area contributed by atoms with Crippen molar-refractivity contribution >= 4 is 11.6 Å². The lowest BCUT2D eigenvalue weighted by atomic mass is 9.68. The maximum Gasteiger partial charge on any atom is 0.414 e. The van der Waals surface area contributed by atoms with E-state index < -0.39 is 23.6 Å². The summed E-state index contributed by atoms with van der Waals surface area (Å²) >= 11 is 0. The van der Waals surface area contributed by atoms with Crippen LogP contribution in [0, 0.1) is 11.3 Å². The molecule has 1 N–H and O–H groups in total. The molecule has 1 atom stereocenters. The van der Waals surface area contributed by atoms with Crippen LogP contribution in [0.3, 0.4) is 0 Å². The minimum atomic E-state index is -4.59. The molecular formula is C21H28F3NO2. The Morgan fingerprint density at radius 3 is 2.11 bits per heavy atom. The van der Waals surface area contributed by atoms with E-state index in [1.807, 2.05) is 24.3 Å². The first-order valence-corrected chi connectivity index (χ1v) is 9.61. The highest BCUT2D eigenvalue weighted by molar-refractivity contribution is 6.00. The van der Waals surface area contributed by atoms with Crippen LogP contribution >= 0.6 is 0 Å². The van der Waals surface area contributed by atoms with E-state index in [4.69, 9.17) is 0 Å². The topological polar surface area (TPSA) is 40.5 Å². The van der Waals surface area contributed by atoms with Crippen molar-refractivity contribution in [3.8, 4) is 0 Å². The summed E-state index contributed by atoms with van der Waals surface area (Å²) in [7, 11) is 0. The molecule has 0 bridgehead atoms. The number of aliphatic hydroxyl groups excluding tert-OH is 1. The lowest BCUT2D eigenvalue weighted by Gasteiger charge is -2.37. The van der Waals surface area contributed by atoms with Crippen LogP contribution < -0.4 is 4.90 Å². The van der Waals surface area contributed by atoms with Gasteiger partial charge in [-0.3, -0.25) is 4.79 Å². The van der Waals surface area contributed by atoms with Crippen LogP contribution in [0.5, 0.6) is 0 Å². The van der Waals surface area contributed by atoms with Crippen molar-refractivity contribution in [3.63, 3.8) is 0 Å². The summed E-state index contributed by atoms with van der Waals surface area (Å²) in [5.41, 5.74) is 1.51. The third kappa shape index (κ3) is 3.86. The zero-order valence-corrected chi connectivity index (χ0v) is 16.1. The Hall–Kier alpha value is -1.56. The van der Waals surface area contributed by atoms with E-state index >= 15 is 0 Å². The zero-order valence-electron chi connectivity index (χ0n) is 16.1. The minimum Gasteiger partial charge on any atom is -0.383 e. The normalized spacial score (nSPS) is 28.0. The molecule has 0 unspecified atom stereocenters. The number of amides is 1. The van der Waals surface area contributed by atoms with Crippen molar-refractivity contribution < 1.29 is 23.1 Å². The van der Waals surface area contributed by atoms with Crippen LogP contribution in [0.4, 0.5) is 18.9 Å². The van der Waals surface area contributed by atoms with Gasteiger partial charge in [-0.1, -0.05) is 32.9 Å². The molecule has 1 aliphatic carbocycles. The summed E-state index contributed by atoms with van der Waals surface area (Å²) in [4.78, 5) is 14.9. The Morgan fingerprint density at radius 2 is 1.63 bits per heavy atom. The van der Waals surface area contributed by atoms with Gasteiger partial charge < -0.3 is 10.0 Å². The molecule has 1 aromatic carbocycles. The molecule has 0 radical (unpaired) electrons. The summed E-state index contributed by atoms with van der Waals surface area (Å²) in [5.74, 6) is -0.783. The Labute approximate surface area is 158 Å². The molecule has 1 saturated carbocycles. The van der Waals surface area contributed by atoms with Gasteiger partial charge in [-0.25, -0.2) is 0 Å². The summed E-state index contributed by atoms with van der Waals surface area (Å²) < 4.78 is 38.3. The molecule has 1 spiro atoms. The molecular weight excluding hydrogens is 355 g/mol. The summed E-state index contributed by atoms with van der Waals surface area (Å²) in [6.07, 6.45) is -4.89. The van der Waals surface area contributed by atoms with E-state index in [0.29, 0.717) is 25.8 Å². The molecule has 27 heavy (non-hydrogen) atoms. The molecule has 1 amide bonds. The first-order valence-electron chi connectivity index (χ1n) is 9.61. The number of nitrogens with zero attached hydrogens (tertiary/aromatic N) is 1. The fourth-order valence-corrected chi connectivity index (χ4v) is 4.45. The van der Waals surface area contributed by atoms with Gasteiger partial charge in [0.15, 0.2) is 6.10 Å². The monoisotopic (exact) mass is 383 g/mol. The van der Waals surface area contributed by atoms with Gasteiger partial charge in [0.25, 0.3) is 0 Å². The highest BCUT2D eigenvalue weighted by atomic mass is 19.4. The second-order valence-electron chi connectivity index (χ2n) is 9.11. The Balaban J connectivity index is 1.69. The molecule has 3 rings (SSSR count). The van der Waals surface area contributed by atoms with Crippen LogP contribution in [-0.2, 0) is 10.2 Å². The standard InChI is InChI=1S/C21H28F3NO2/c1-19(2,3)15-4-6-16(7-5-15)25-13-12-20(18(25)27)10-8-14(9-11-20)17(26)21(22,23)24/h4-7,14,17,26H,8-13H2,1-3H3/t14-,17-,20-/m1/s1. The Bertz CT molecular complexity index is 683. The quantitative estimate of drug-likeness (QED) is 0.795. The number of anilines is 1. The lowest BCUT2D eigenvalue weighted by Crippen LogP contribution is -2.42. The number of hydrogen-bond donors (Lipinski definition) is 1. The van der Waals surface area contributed by atoms with Crippen molar-refractivity contribution in [2.24, 2.45) is 11.3 Å². The molecule has 2 fully saturated rings. The average Bonchev–Trinajstić information content (AvgIpc) is 2.90. The molecule has 1 aromatic rings. The third-order valence-corrected chi connectivity index (χ3v) is 6.33. The zero-order chi connectivity index (χ0) is 20.0. The maximum absolute atomic E-state index is 13.1. The van der Waals surface area contributed by atoms with Crippen molar-refractivity contribution in [1.82, 2.24) is 0 Å². The Kier molecular flexibility index (Phi) is 5.08. The van der Waals surface area contributed by atoms with E-state index in [1.165, 1.54) is 5.56 Å². The van der Waals surface area contributed by atoms with Crippen LogP contribution in [0.15, 0.2) is 24.3 Å². The smallest absolute Gasteiger partial charge is 0.383 e. The van der Waals surface area contributed by atoms with Gasteiger partial charge in [-0.05, 0) is 61.1 Å². The summed E-state index contributed by atoms with van der Waals surface area (Å²) in [5, 5.41) is 9.51. The van der Waals surface area contributed by atoms with Gasteiger partial charge in [0.05, 0.1) is 5.41 Å². The number of aliphatic hydroxyl groups is 1. The summed E-state index contributed by atoms with van der Waals surface area (Å²) in [6.45, 7) is 6.99. The SMILES string of the molecule is CC(C)(C)c1ccc(N2CC[C@]3(CC[C@@H]([C@@H](O)C(F)(F)F)CC3)C2=O)cc1. The highest BCUT2D eigenvalue weighted by Crippen LogP contribution is 2.49. The van der Waals surface area contributed by atoms with Crippen LogP contribution in [-0.4, -0.2) is 29.8 Å². The van der Waals surface area contributed by atoms with Gasteiger partial charge in [-0.15, -0.1) is 0 Å². The molecule has 3 nitrogen and oxygen atoms in total. The maximum atomic E-state index is 13.1. The minimum absolute atomic E-state index is 0.0194. The number of carbonyl (C=O) groups is 1. The third-order valence-electron chi connectivity index (χ3n) is 6.33. The fourth-order valence-electron chi connectivity index (χ4n) is 4.45. The number of hydrogen-bond acceptors (Lipinski definition) is 2. The van der Waals surface area contributed by atoms with Gasteiger partial charge in [-0.2, -0.15) is 13.2 Å². The van der Waals surface area contributed by atoms with Gasteiger partial charge in [0.1, 0.15) is 0 Å². The lowest BCUT2D eigenvalue weighted by molar-refractivity contribution is -0.223. The highest BCUT2D eigenvalue weighted by Gasteiger charge is 2.52. The summed E-state index contributed by atoms with van der Waals surface area (Å²) in [6, 6.07) is 7.97. The molecule has 1 aliphatic heterocycles. The van der Waals surface area contributed by atoms with Crippen molar-refractivity contribution in [1.29, 1.82) is 0 Å². The van der Waals surface area contributed by atoms with Crippen LogP contribution in [0.1, 0.15) is 58.4 Å². The molecule has 2 aliphatic rings. The second kappa shape index (κ2) is 6.80. The van der Waals surface area contributed by atoms with Gasteiger partial charge in [0, 0.05) is 12.2 Å².